The molecule has 1 atom stereocenters. The third-order valence-electron chi connectivity index (χ3n) is 6.18. The van der Waals surface area contributed by atoms with Gasteiger partial charge in [0.2, 0.25) is 5.82 Å². The van der Waals surface area contributed by atoms with Gasteiger partial charge in [-0.05, 0) is 55.3 Å². The number of hydrogen-bond donors (Lipinski definition) is 1. The van der Waals surface area contributed by atoms with Gasteiger partial charge in [0.25, 0.3) is 5.89 Å². The molecule has 3 aromatic carbocycles. The lowest BCUT2D eigenvalue weighted by Gasteiger charge is -2.35. The van der Waals surface area contributed by atoms with E-state index < -0.39 is 6.04 Å². The minimum absolute atomic E-state index is 0.227. The maximum Gasteiger partial charge on any atom is 0.326 e. The number of rotatable bonds is 6. The van der Waals surface area contributed by atoms with Crippen molar-refractivity contribution in [3.8, 4) is 22.9 Å². The summed E-state index contributed by atoms with van der Waals surface area (Å²) in [5.74, 6) is 1.90. The van der Waals surface area contributed by atoms with Crippen molar-refractivity contribution in [1.29, 1.82) is 0 Å². The predicted octanol–water partition coefficient (Wildman–Crippen LogP) is 5.76. The van der Waals surface area contributed by atoms with Crippen molar-refractivity contribution in [2.24, 2.45) is 0 Å². The van der Waals surface area contributed by atoms with Crippen LogP contribution in [0.5, 0.6) is 11.5 Å². The number of benzene rings is 3. The van der Waals surface area contributed by atoms with Crippen LogP contribution in [0.1, 0.15) is 30.0 Å². The molecule has 0 radical (unpaired) electrons. The summed E-state index contributed by atoms with van der Waals surface area (Å²) >= 11 is 0. The maximum atomic E-state index is 13.3. The Morgan fingerprint density at radius 3 is 2.42 bits per heavy atom. The van der Waals surface area contributed by atoms with E-state index in [9.17, 15) is 4.79 Å². The lowest BCUT2D eigenvalue weighted by Crippen LogP contribution is -2.46. The molecule has 5 rings (SSSR count). The topological polar surface area (TPSA) is 89.7 Å². The highest BCUT2D eigenvalue weighted by Crippen LogP contribution is 2.39. The summed E-state index contributed by atoms with van der Waals surface area (Å²) in [7, 11) is 3.16. The summed E-state index contributed by atoms with van der Waals surface area (Å²) in [4.78, 5) is 19.7. The van der Waals surface area contributed by atoms with Gasteiger partial charge in [-0.25, -0.2) is 4.79 Å². The Labute approximate surface area is 209 Å². The van der Waals surface area contributed by atoms with Gasteiger partial charge in [-0.3, -0.25) is 4.90 Å². The van der Waals surface area contributed by atoms with E-state index in [0.29, 0.717) is 34.5 Å². The van der Waals surface area contributed by atoms with Gasteiger partial charge < -0.3 is 19.3 Å². The number of amides is 2. The number of allylic oxidation sites excluding steroid dienone is 1. The minimum atomic E-state index is -0.460. The lowest BCUT2D eigenvalue weighted by molar-refractivity contribution is 0.244. The Hall–Kier alpha value is -4.59. The number of hydrogen-bond acceptors (Lipinski definition) is 6. The molecule has 1 aliphatic rings. The second-order valence-corrected chi connectivity index (χ2v) is 8.46. The Morgan fingerprint density at radius 1 is 0.917 bits per heavy atom. The molecule has 8 heteroatoms. The fraction of sp³-hybridized carbons (Fsp3) is 0.179. The average Bonchev–Trinajstić information content (AvgIpc) is 3.38. The van der Waals surface area contributed by atoms with Crippen LogP contribution in [0.15, 0.2) is 83.0 Å². The zero-order valence-electron chi connectivity index (χ0n) is 20.5. The first-order chi connectivity index (χ1) is 17.5. The molecule has 8 nitrogen and oxygen atoms in total. The van der Waals surface area contributed by atoms with Crippen LogP contribution in [-0.4, -0.2) is 30.4 Å². The summed E-state index contributed by atoms with van der Waals surface area (Å²) in [6.45, 7) is 3.89. The van der Waals surface area contributed by atoms with Crippen LogP contribution in [0.25, 0.3) is 17.0 Å². The van der Waals surface area contributed by atoms with E-state index in [1.165, 1.54) is 0 Å². The molecule has 0 aliphatic carbocycles. The zero-order valence-corrected chi connectivity index (χ0v) is 20.5. The Morgan fingerprint density at radius 2 is 1.69 bits per heavy atom. The molecular formula is C28H26N4O4. The number of anilines is 1. The van der Waals surface area contributed by atoms with Crippen LogP contribution in [0.3, 0.4) is 0 Å². The van der Waals surface area contributed by atoms with Gasteiger partial charge in [-0.2, -0.15) is 4.98 Å². The largest absolute Gasteiger partial charge is 0.493 e. The summed E-state index contributed by atoms with van der Waals surface area (Å²) in [5, 5.41) is 7.36. The van der Waals surface area contributed by atoms with Crippen molar-refractivity contribution >= 4 is 17.3 Å². The number of carbonyl (C=O) groups excluding carboxylic acids is 1. The lowest BCUT2D eigenvalue weighted by atomic mass is 9.94. The second kappa shape index (κ2) is 9.58. The number of urea groups is 1. The molecule has 182 valence electrons. The fourth-order valence-electron chi connectivity index (χ4n) is 4.42. The average molecular weight is 483 g/mol. The Balaban J connectivity index is 1.63. The molecule has 0 saturated carbocycles. The van der Waals surface area contributed by atoms with Crippen molar-refractivity contribution in [3.63, 3.8) is 0 Å². The third-order valence-corrected chi connectivity index (χ3v) is 6.18. The molecule has 1 aliphatic heterocycles. The first-order valence-electron chi connectivity index (χ1n) is 11.5. The molecule has 2 heterocycles. The van der Waals surface area contributed by atoms with Gasteiger partial charge in [-0.15, -0.1) is 0 Å². The van der Waals surface area contributed by atoms with Gasteiger partial charge in [0.15, 0.2) is 11.5 Å². The number of ether oxygens (including phenoxy) is 2. The van der Waals surface area contributed by atoms with E-state index in [0.717, 1.165) is 22.4 Å². The first-order valence-corrected chi connectivity index (χ1v) is 11.5. The summed E-state index contributed by atoms with van der Waals surface area (Å²) in [6.07, 6.45) is 0. The van der Waals surface area contributed by atoms with Crippen LogP contribution < -0.4 is 19.7 Å². The minimum Gasteiger partial charge on any atom is -0.493 e. The zero-order chi connectivity index (χ0) is 25.2. The molecule has 4 aromatic rings. The number of nitrogens with zero attached hydrogens (tertiary/aromatic N) is 3. The van der Waals surface area contributed by atoms with Crippen LogP contribution in [0.4, 0.5) is 10.5 Å². The first kappa shape index (κ1) is 23.2. The molecule has 1 unspecified atom stereocenters. The van der Waals surface area contributed by atoms with E-state index in [2.05, 4.69) is 10.5 Å². The number of carbonyl (C=O) groups is 1. The quantitative estimate of drug-likeness (QED) is 0.376. The second-order valence-electron chi connectivity index (χ2n) is 8.46. The number of nitrogens with one attached hydrogen (secondary N) is 1. The SMILES string of the molecule is COc1ccc(-c2noc(C3=C(C)N(c4cccc(C)c4)C(=O)NC3c3ccccc3)n2)cc1OC. The van der Waals surface area contributed by atoms with Crippen LogP contribution in [-0.2, 0) is 0 Å². The van der Waals surface area contributed by atoms with Gasteiger partial charge in [0.05, 0.1) is 31.5 Å². The van der Waals surface area contributed by atoms with Crippen molar-refractivity contribution in [3.05, 3.63) is 95.5 Å². The van der Waals surface area contributed by atoms with Crippen LogP contribution >= 0.6 is 0 Å². The van der Waals surface area contributed by atoms with E-state index >= 15 is 0 Å². The Bertz CT molecular complexity index is 1440. The van der Waals surface area contributed by atoms with Gasteiger partial charge in [0.1, 0.15) is 0 Å². The maximum absolute atomic E-state index is 13.3. The van der Waals surface area contributed by atoms with Crippen molar-refractivity contribution in [1.82, 2.24) is 15.5 Å². The van der Waals surface area contributed by atoms with E-state index in [-0.39, 0.29) is 6.03 Å². The molecular weight excluding hydrogens is 456 g/mol. The summed E-state index contributed by atoms with van der Waals surface area (Å²) in [6, 6.07) is 22.3. The van der Waals surface area contributed by atoms with E-state index in [4.69, 9.17) is 19.0 Å². The van der Waals surface area contributed by atoms with Crippen LogP contribution in [0.2, 0.25) is 0 Å². The highest BCUT2D eigenvalue weighted by molar-refractivity contribution is 6.01. The molecule has 0 bridgehead atoms. The van der Waals surface area contributed by atoms with Gasteiger partial charge in [0, 0.05) is 11.3 Å². The molecule has 0 spiro atoms. The predicted molar refractivity (Wildman–Crippen MR) is 137 cm³/mol. The highest BCUT2D eigenvalue weighted by Gasteiger charge is 2.36. The smallest absolute Gasteiger partial charge is 0.326 e. The molecule has 1 aromatic heterocycles. The number of methoxy groups -OCH3 is 2. The Kier molecular flexibility index (Phi) is 6.16. The highest BCUT2D eigenvalue weighted by atomic mass is 16.5. The molecule has 0 saturated heterocycles. The van der Waals surface area contributed by atoms with Crippen molar-refractivity contribution in [2.75, 3.05) is 19.1 Å². The number of aromatic nitrogens is 2. The molecule has 2 amide bonds. The molecule has 1 N–H and O–H groups in total. The third kappa shape index (κ3) is 4.17. The number of aryl methyl sites for hydroxylation is 1. The standard InChI is InChI=1S/C28H26N4O4/c1-17-9-8-12-21(15-17)32-18(2)24(25(29-28(32)33)19-10-6-5-7-11-19)27-30-26(31-36-27)20-13-14-22(34-3)23(16-20)35-4/h5-16,25H,1-4H3,(H,29,33). The van der Waals surface area contributed by atoms with Gasteiger partial charge in [-0.1, -0.05) is 47.6 Å². The van der Waals surface area contributed by atoms with E-state index in [1.807, 2.05) is 74.5 Å². The summed E-state index contributed by atoms with van der Waals surface area (Å²) < 4.78 is 16.5. The van der Waals surface area contributed by atoms with Crippen LogP contribution in [0, 0.1) is 6.92 Å². The van der Waals surface area contributed by atoms with E-state index in [1.54, 1.807) is 31.3 Å². The van der Waals surface area contributed by atoms with Gasteiger partial charge >= 0.3 is 6.03 Å². The normalized spacial score (nSPS) is 15.6. The summed E-state index contributed by atoms with van der Waals surface area (Å²) in [5.41, 5.74) is 4.87. The van der Waals surface area contributed by atoms with Crippen molar-refractivity contribution in [2.45, 2.75) is 19.9 Å². The fourth-order valence-corrected chi connectivity index (χ4v) is 4.42. The monoisotopic (exact) mass is 482 g/mol. The molecule has 0 fully saturated rings. The van der Waals surface area contributed by atoms with Crippen molar-refractivity contribution < 1.29 is 18.8 Å². The molecule has 36 heavy (non-hydrogen) atoms.